The molecule has 0 radical (unpaired) electrons. The molecule has 0 bridgehead atoms. The van der Waals surface area contributed by atoms with Crippen LogP contribution in [0.15, 0.2) is 155 Å². The van der Waals surface area contributed by atoms with Gasteiger partial charge in [-0.15, -0.1) is 4.85 Å². The lowest BCUT2D eigenvalue weighted by Crippen LogP contribution is -2.03. The Balaban J connectivity index is 1.26. The highest BCUT2D eigenvalue weighted by molar-refractivity contribution is 6.18. The van der Waals surface area contributed by atoms with E-state index < -0.39 is 0 Å². The van der Waals surface area contributed by atoms with Gasteiger partial charge in [-0.3, -0.25) is 5.41 Å². The summed E-state index contributed by atoms with van der Waals surface area (Å²) in [4.78, 5) is 9.25. The van der Waals surface area contributed by atoms with Crippen molar-refractivity contribution in [2.24, 2.45) is 4.99 Å². The van der Waals surface area contributed by atoms with Crippen LogP contribution in [0.25, 0.3) is 54.3 Å². The summed E-state index contributed by atoms with van der Waals surface area (Å²) < 4.78 is 8.53. The van der Waals surface area contributed by atoms with Crippen LogP contribution in [0.2, 0.25) is 0 Å². The highest BCUT2D eigenvalue weighted by Gasteiger charge is 2.19. The molecule has 44 heavy (non-hydrogen) atoms. The molecule has 206 valence electrons. The van der Waals surface area contributed by atoms with Gasteiger partial charge in [0.1, 0.15) is 11.2 Å². The van der Waals surface area contributed by atoms with Crippen molar-refractivity contribution in [3.8, 4) is 11.8 Å². The Bertz CT molecular complexity index is 2440. The summed E-state index contributed by atoms with van der Waals surface area (Å²) in [6, 6.07) is 51.5. The maximum absolute atomic E-state index is 8.65. The molecule has 8 aromatic rings. The van der Waals surface area contributed by atoms with Gasteiger partial charge in [-0.2, -0.15) is 0 Å². The van der Waals surface area contributed by atoms with Crippen LogP contribution in [0.5, 0.6) is 0 Å². The molecular weight excluding hydrogens is 540 g/mol. The number of furan rings is 1. The number of hydrogen-bond acceptors (Lipinski definition) is 2. The van der Waals surface area contributed by atoms with Crippen LogP contribution in [0, 0.1) is 11.5 Å². The van der Waals surface area contributed by atoms with Gasteiger partial charge in [-0.25, -0.2) is 0 Å². The van der Waals surface area contributed by atoms with E-state index in [0.29, 0.717) is 5.84 Å². The number of aliphatic imine (C=N–C) groups is 1. The van der Waals surface area contributed by atoms with Crippen LogP contribution >= 0.6 is 0 Å². The number of para-hydroxylation sites is 2. The molecule has 0 aliphatic carbocycles. The van der Waals surface area contributed by atoms with Crippen molar-refractivity contribution >= 4 is 55.4 Å². The Morgan fingerprint density at radius 1 is 0.591 bits per heavy atom. The van der Waals surface area contributed by atoms with Crippen LogP contribution in [-0.2, 0) is 0 Å². The van der Waals surface area contributed by atoms with Gasteiger partial charge in [0.25, 0.3) is 5.84 Å². The molecule has 2 aromatic heterocycles. The maximum atomic E-state index is 8.65. The average molecular weight is 566 g/mol. The molecular formula is C39H25N4O+. The third-order valence-corrected chi connectivity index (χ3v) is 7.88. The second kappa shape index (κ2) is 10.5. The highest BCUT2D eigenvalue weighted by Crippen LogP contribution is 2.38. The first-order valence-electron chi connectivity index (χ1n) is 14.4. The van der Waals surface area contributed by atoms with Gasteiger partial charge < -0.3 is 8.98 Å². The predicted molar refractivity (Wildman–Crippen MR) is 181 cm³/mol. The first-order valence-corrected chi connectivity index (χ1v) is 14.4. The van der Waals surface area contributed by atoms with E-state index in [1.807, 2.05) is 91.0 Å². The van der Waals surface area contributed by atoms with Gasteiger partial charge in [-0.05, 0) is 71.7 Å². The zero-order valence-corrected chi connectivity index (χ0v) is 23.6. The molecule has 6 aromatic carbocycles. The lowest BCUT2D eigenvalue weighted by molar-refractivity contribution is 0.669. The summed E-state index contributed by atoms with van der Waals surface area (Å²) in [6.45, 7) is 0. The molecule has 5 nitrogen and oxygen atoms in total. The number of amidine groups is 2. The average Bonchev–Trinajstić information content (AvgIpc) is 3.61. The van der Waals surface area contributed by atoms with Crippen molar-refractivity contribution in [1.29, 1.82) is 5.41 Å². The molecule has 1 N–H and O–H groups in total. The first kappa shape index (κ1) is 25.5. The minimum atomic E-state index is 0.139. The normalized spacial score (nSPS) is 11.7. The third-order valence-electron chi connectivity index (χ3n) is 7.88. The van der Waals surface area contributed by atoms with Gasteiger partial charge in [0, 0.05) is 38.9 Å². The van der Waals surface area contributed by atoms with Crippen LogP contribution in [0.1, 0.15) is 16.7 Å². The largest absolute Gasteiger partial charge is 0.456 e. The molecule has 0 spiro atoms. The van der Waals surface area contributed by atoms with Crippen molar-refractivity contribution in [3.05, 3.63) is 167 Å². The quantitative estimate of drug-likeness (QED) is 0.168. The number of benzene rings is 6. The summed E-state index contributed by atoms with van der Waals surface area (Å²) in [5, 5.41) is 13.2. The Hall–Kier alpha value is -6.25. The molecule has 0 saturated carbocycles. The second-order valence-corrected chi connectivity index (χ2v) is 10.6. The molecule has 0 unspecified atom stereocenters. The van der Waals surface area contributed by atoms with E-state index >= 15 is 0 Å². The number of fused-ring (bicyclic) bond motifs is 6. The Morgan fingerprint density at radius 2 is 1.27 bits per heavy atom. The fourth-order valence-corrected chi connectivity index (χ4v) is 5.78. The zero-order valence-electron chi connectivity index (χ0n) is 23.6. The standard InChI is InChI=1S/C39H25N4O/c40-38(27-13-5-2-6-14-27)42-39(41-25-26-11-3-1-4-12-26)28-19-21-29(22-20-28)43-34-17-9-7-15-30(34)32-23-33-31-16-8-10-18-36(31)44-37(33)24-35(32)43/h1-24,40H/q+1. The van der Waals surface area contributed by atoms with E-state index in [9.17, 15) is 0 Å². The third kappa shape index (κ3) is 4.43. The van der Waals surface area contributed by atoms with Gasteiger partial charge in [-0.1, -0.05) is 72.8 Å². The SMILES string of the molecule is N=C(N=C([N+]#Cc1ccccc1)c1ccc(-n2c3ccccc3c3cc4c(cc32)oc2ccccc24)cc1)c1ccccc1. The van der Waals surface area contributed by atoms with E-state index in [0.717, 1.165) is 55.3 Å². The topological polar surface area (TPSA) is 58.6 Å². The molecule has 0 saturated heterocycles. The van der Waals surface area contributed by atoms with Crippen molar-refractivity contribution < 1.29 is 4.42 Å². The number of rotatable bonds is 3. The van der Waals surface area contributed by atoms with Gasteiger partial charge in [0.15, 0.2) is 6.07 Å². The fourth-order valence-electron chi connectivity index (χ4n) is 5.78. The van der Waals surface area contributed by atoms with Crippen molar-refractivity contribution in [3.63, 3.8) is 0 Å². The lowest BCUT2D eigenvalue weighted by Gasteiger charge is -2.08. The van der Waals surface area contributed by atoms with Crippen LogP contribution in [0.3, 0.4) is 0 Å². The summed E-state index contributed by atoms with van der Waals surface area (Å²) >= 11 is 0. The Labute approximate surface area is 253 Å². The number of hydrogen-bond donors (Lipinski definition) is 1. The van der Waals surface area contributed by atoms with Crippen LogP contribution < -0.4 is 0 Å². The first-order chi connectivity index (χ1) is 21.7. The van der Waals surface area contributed by atoms with E-state index in [1.165, 1.54) is 10.8 Å². The molecule has 0 atom stereocenters. The Morgan fingerprint density at radius 3 is 2.07 bits per heavy atom. The maximum Gasteiger partial charge on any atom is 0.435 e. The number of nitrogens with zero attached hydrogens (tertiary/aromatic N) is 3. The van der Waals surface area contributed by atoms with E-state index in [-0.39, 0.29) is 5.84 Å². The molecule has 0 aliphatic rings. The lowest BCUT2D eigenvalue weighted by atomic mass is 10.1. The fraction of sp³-hybridized carbons (Fsp3) is 0. The minimum absolute atomic E-state index is 0.139. The summed E-state index contributed by atoms with van der Waals surface area (Å²) in [7, 11) is 0. The van der Waals surface area contributed by atoms with Crippen LogP contribution in [0.4, 0.5) is 0 Å². The van der Waals surface area contributed by atoms with Crippen molar-refractivity contribution in [2.75, 3.05) is 0 Å². The van der Waals surface area contributed by atoms with E-state index in [1.54, 1.807) is 0 Å². The monoisotopic (exact) mass is 565 g/mol. The zero-order chi connectivity index (χ0) is 29.5. The smallest absolute Gasteiger partial charge is 0.435 e. The van der Waals surface area contributed by atoms with Gasteiger partial charge in [0.2, 0.25) is 0 Å². The van der Waals surface area contributed by atoms with Gasteiger partial charge in [0.05, 0.1) is 22.2 Å². The van der Waals surface area contributed by atoms with Crippen LogP contribution in [-0.4, -0.2) is 16.2 Å². The summed E-state index contributed by atoms with van der Waals surface area (Å²) in [5.74, 6) is 0.556. The highest BCUT2D eigenvalue weighted by atomic mass is 16.3. The molecule has 0 fully saturated rings. The molecule has 2 heterocycles. The number of nitrogens with one attached hydrogen (secondary N) is 1. The summed E-state index contributed by atoms with van der Waals surface area (Å²) in [6.07, 6.45) is 0. The molecule has 0 amide bonds. The van der Waals surface area contributed by atoms with E-state index in [4.69, 9.17) is 9.83 Å². The number of aromatic nitrogens is 1. The van der Waals surface area contributed by atoms with E-state index in [2.05, 4.69) is 75.1 Å². The van der Waals surface area contributed by atoms with Crippen molar-refractivity contribution in [2.45, 2.75) is 0 Å². The minimum Gasteiger partial charge on any atom is -0.456 e. The molecule has 0 aliphatic heterocycles. The Kier molecular flexibility index (Phi) is 6.10. The van der Waals surface area contributed by atoms with Crippen molar-refractivity contribution in [1.82, 2.24) is 4.57 Å². The molecule has 5 heteroatoms. The van der Waals surface area contributed by atoms with Gasteiger partial charge >= 0.3 is 5.84 Å². The predicted octanol–water partition coefficient (Wildman–Crippen LogP) is 9.84. The summed E-state index contributed by atoms with van der Waals surface area (Å²) in [5.41, 5.74) is 7.28. The molecule has 8 rings (SSSR count). The second-order valence-electron chi connectivity index (χ2n) is 10.6.